The third-order valence-corrected chi connectivity index (χ3v) is 7.32. The quantitative estimate of drug-likeness (QED) is 0.160. The van der Waals surface area contributed by atoms with Gasteiger partial charge in [0, 0.05) is 47.3 Å². The SMILES string of the molecule is CN(C)CCc1c[nH]c2cccc(OC(=O)Cc3ccc(CC(=O)Oc4cccc5[nH]cc(CCN(C)C)c45)cc3)c12. The molecule has 0 aliphatic rings. The van der Waals surface area contributed by atoms with Gasteiger partial charge in [0.2, 0.25) is 0 Å². The molecule has 8 heteroatoms. The maximum atomic E-state index is 12.9. The Morgan fingerprint density at radius 1 is 0.619 bits per heavy atom. The fourth-order valence-corrected chi connectivity index (χ4v) is 5.12. The van der Waals surface area contributed by atoms with Gasteiger partial charge in [0.1, 0.15) is 11.5 Å². The maximum absolute atomic E-state index is 12.9. The zero-order valence-corrected chi connectivity index (χ0v) is 24.7. The van der Waals surface area contributed by atoms with E-state index in [2.05, 4.69) is 19.8 Å². The highest BCUT2D eigenvalue weighted by molar-refractivity contribution is 5.92. The second-order valence-corrected chi connectivity index (χ2v) is 11.2. The molecule has 5 aromatic rings. The monoisotopic (exact) mass is 566 g/mol. The minimum absolute atomic E-state index is 0.129. The van der Waals surface area contributed by atoms with Gasteiger partial charge in [-0.05, 0) is 87.6 Å². The lowest BCUT2D eigenvalue weighted by atomic mass is 10.1. The highest BCUT2D eigenvalue weighted by Crippen LogP contribution is 2.31. The van der Waals surface area contributed by atoms with E-state index in [9.17, 15) is 9.59 Å². The van der Waals surface area contributed by atoms with Crippen LogP contribution in [0.5, 0.6) is 11.5 Å². The van der Waals surface area contributed by atoms with Crippen LogP contribution in [-0.4, -0.2) is 73.0 Å². The third-order valence-electron chi connectivity index (χ3n) is 7.32. The largest absolute Gasteiger partial charge is 0.426 e. The van der Waals surface area contributed by atoms with Gasteiger partial charge in [-0.25, -0.2) is 0 Å². The van der Waals surface area contributed by atoms with Crippen LogP contribution in [0, 0.1) is 0 Å². The van der Waals surface area contributed by atoms with Crippen LogP contribution in [0.4, 0.5) is 0 Å². The first-order valence-corrected chi connectivity index (χ1v) is 14.2. The van der Waals surface area contributed by atoms with Crippen LogP contribution in [0.3, 0.4) is 0 Å². The number of hydrogen-bond acceptors (Lipinski definition) is 6. The molecule has 0 spiro atoms. The van der Waals surface area contributed by atoms with Crippen molar-refractivity contribution >= 4 is 33.7 Å². The van der Waals surface area contributed by atoms with Crippen LogP contribution in [0.1, 0.15) is 22.3 Å². The summed E-state index contributed by atoms with van der Waals surface area (Å²) in [6.07, 6.45) is 5.93. The first-order valence-electron chi connectivity index (χ1n) is 14.2. The molecule has 0 amide bonds. The lowest BCUT2D eigenvalue weighted by Gasteiger charge is -2.11. The van der Waals surface area contributed by atoms with E-state index >= 15 is 0 Å². The number of carbonyl (C=O) groups excluding carboxylic acids is 2. The summed E-state index contributed by atoms with van der Waals surface area (Å²) < 4.78 is 11.6. The number of aromatic nitrogens is 2. The summed E-state index contributed by atoms with van der Waals surface area (Å²) in [5, 5.41) is 1.89. The van der Waals surface area contributed by atoms with Crippen molar-refractivity contribution in [3.63, 3.8) is 0 Å². The van der Waals surface area contributed by atoms with Crippen molar-refractivity contribution in [2.24, 2.45) is 0 Å². The molecule has 0 fully saturated rings. The molecule has 0 aliphatic heterocycles. The topological polar surface area (TPSA) is 90.7 Å². The van der Waals surface area contributed by atoms with Gasteiger partial charge in [-0.2, -0.15) is 0 Å². The smallest absolute Gasteiger partial charge is 0.315 e. The highest BCUT2D eigenvalue weighted by Gasteiger charge is 2.16. The predicted molar refractivity (Wildman–Crippen MR) is 166 cm³/mol. The molecule has 0 radical (unpaired) electrons. The number of benzene rings is 3. The van der Waals surface area contributed by atoms with E-state index in [1.54, 1.807) is 0 Å². The average molecular weight is 567 g/mol. The number of aromatic amines is 2. The van der Waals surface area contributed by atoms with E-state index in [0.717, 1.165) is 70.0 Å². The zero-order chi connectivity index (χ0) is 29.6. The first kappa shape index (κ1) is 29.1. The molecule has 218 valence electrons. The van der Waals surface area contributed by atoms with Gasteiger partial charge in [0.05, 0.1) is 12.8 Å². The number of rotatable bonds is 12. The van der Waals surface area contributed by atoms with E-state index in [0.29, 0.717) is 11.5 Å². The van der Waals surface area contributed by atoms with Gasteiger partial charge in [-0.3, -0.25) is 9.59 Å². The van der Waals surface area contributed by atoms with Crippen molar-refractivity contribution in [3.8, 4) is 11.5 Å². The Hall–Kier alpha value is -4.40. The van der Waals surface area contributed by atoms with Crippen molar-refractivity contribution in [2.75, 3.05) is 41.3 Å². The summed E-state index contributed by atoms with van der Waals surface area (Å²) in [6.45, 7) is 1.80. The standard InChI is InChI=1S/C34H38N4O4/c1-37(2)17-15-25-21-35-27-7-5-9-29(33(25)27)41-31(39)19-23-11-13-24(14-12-23)20-32(40)42-30-10-6-8-28-34(30)26(22-36-28)16-18-38(3)4/h5-14,21-22,35-36H,15-20H2,1-4H3. The number of hydrogen-bond donors (Lipinski definition) is 2. The molecule has 0 atom stereocenters. The van der Waals surface area contributed by atoms with E-state index in [-0.39, 0.29) is 24.8 Å². The molecule has 2 heterocycles. The van der Waals surface area contributed by atoms with Gasteiger partial charge in [-0.15, -0.1) is 0 Å². The molecule has 0 unspecified atom stereocenters. The molecule has 2 N–H and O–H groups in total. The van der Waals surface area contributed by atoms with Crippen LogP contribution < -0.4 is 9.47 Å². The Morgan fingerprint density at radius 2 is 1.02 bits per heavy atom. The highest BCUT2D eigenvalue weighted by atomic mass is 16.5. The van der Waals surface area contributed by atoms with E-state index < -0.39 is 0 Å². The zero-order valence-electron chi connectivity index (χ0n) is 24.7. The summed E-state index contributed by atoms with van der Waals surface area (Å²) in [5.41, 5.74) is 5.76. The molecule has 0 saturated heterocycles. The fraction of sp³-hybridized carbons (Fsp3) is 0.294. The molecule has 5 rings (SSSR count). The second kappa shape index (κ2) is 13.1. The van der Waals surface area contributed by atoms with Crippen LogP contribution in [0.2, 0.25) is 0 Å². The summed E-state index contributed by atoms with van der Waals surface area (Å²) >= 11 is 0. The molecule has 2 aromatic heterocycles. The van der Waals surface area contributed by atoms with E-state index in [4.69, 9.17) is 9.47 Å². The van der Waals surface area contributed by atoms with Gasteiger partial charge in [-0.1, -0.05) is 36.4 Å². The second-order valence-electron chi connectivity index (χ2n) is 11.2. The van der Waals surface area contributed by atoms with Crippen molar-refractivity contribution in [1.82, 2.24) is 19.8 Å². The average Bonchev–Trinajstić information content (AvgIpc) is 3.57. The molecule has 0 saturated carbocycles. The normalized spacial score (nSPS) is 11.6. The van der Waals surface area contributed by atoms with Gasteiger partial charge >= 0.3 is 11.9 Å². The Labute approximate surface area is 246 Å². The summed E-state index contributed by atoms with van der Waals surface area (Å²) in [7, 11) is 8.15. The number of carbonyl (C=O) groups is 2. The lowest BCUT2D eigenvalue weighted by molar-refractivity contribution is -0.134. The molecule has 8 nitrogen and oxygen atoms in total. The maximum Gasteiger partial charge on any atom is 0.315 e. The summed E-state index contributed by atoms with van der Waals surface area (Å²) in [4.78, 5) is 36.6. The predicted octanol–water partition coefficient (Wildman–Crippen LogP) is 5.15. The van der Waals surface area contributed by atoms with Gasteiger partial charge in [0.15, 0.2) is 0 Å². The van der Waals surface area contributed by atoms with Crippen LogP contribution >= 0.6 is 0 Å². The lowest BCUT2D eigenvalue weighted by Crippen LogP contribution is -2.15. The number of esters is 2. The van der Waals surface area contributed by atoms with E-state index in [1.165, 1.54) is 0 Å². The first-order chi connectivity index (χ1) is 20.3. The molecular weight excluding hydrogens is 528 g/mol. The number of likely N-dealkylation sites (N-methyl/N-ethyl adjacent to an activating group) is 2. The van der Waals surface area contributed by atoms with Crippen LogP contribution in [0.15, 0.2) is 73.1 Å². The van der Waals surface area contributed by atoms with Crippen LogP contribution in [0.25, 0.3) is 21.8 Å². The summed E-state index contributed by atoms with van der Waals surface area (Å²) in [6, 6.07) is 18.8. The number of fused-ring (bicyclic) bond motifs is 2. The molecule has 3 aromatic carbocycles. The minimum atomic E-state index is -0.334. The number of H-pyrrole nitrogens is 2. The minimum Gasteiger partial charge on any atom is -0.426 e. The Kier molecular flexibility index (Phi) is 9.05. The van der Waals surface area contributed by atoms with Crippen molar-refractivity contribution < 1.29 is 19.1 Å². The van der Waals surface area contributed by atoms with Crippen molar-refractivity contribution in [3.05, 3.63) is 95.3 Å². The molecule has 0 aliphatic carbocycles. The van der Waals surface area contributed by atoms with Gasteiger partial charge in [0.25, 0.3) is 0 Å². The van der Waals surface area contributed by atoms with Crippen molar-refractivity contribution in [2.45, 2.75) is 25.7 Å². The van der Waals surface area contributed by atoms with Gasteiger partial charge < -0.3 is 29.2 Å². The molecular formula is C34H38N4O4. The summed E-state index contributed by atoms with van der Waals surface area (Å²) in [5.74, 6) is 0.460. The molecule has 0 bridgehead atoms. The third kappa shape index (κ3) is 7.08. The number of nitrogens with one attached hydrogen (secondary N) is 2. The number of ether oxygens (including phenoxy) is 2. The Bertz CT molecular complexity index is 1560. The Morgan fingerprint density at radius 3 is 1.40 bits per heavy atom. The Balaban J connectivity index is 1.20. The fourth-order valence-electron chi connectivity index (χ4n) is 5.12. The van der Waals surface area contributed by atoms with E-state index in [1.807, 2.05) is 101 Å². The van der Waals surface area contributed by atoms with Crippen molar-refractivity contribution in [1.29, 1.82) is 0 Å². The number of nitrogens with zero attached hydrogens (tertiary/aromatic N) is 2. The van der Waals surface area contributed by atoms with Crippen LogP contribution in [-0.2, 0) is 35.3 Å². The molecule has 42 heavy (non-hydrogen) atoms.